The molecule has 0 unspecified atom stereocenters. The maximum Gasteiger partial charge on any atom is 0.339 e. The molecule has 1 heterocycles. The zero-order chi connectivity index (χ0) is 24.8. The molecule has 0 fully saturated rings. The third-order valence-electron chi connectivity index (χ3n) is 5.26. The molecule has 0 spiro atoms. The number of methoxy groups -OCH3 is 2. The first-order valence-electron chi connectivity index (χ1n) is 10.7. The van der Waals surface area contributed by atoms with Crippen molar-refractivity contribution in [2.45, 2.75) is 6.61 Å². The smallest absolute Gasteiger partial charge is 0.339 e. The van der Waals surface area contributed by atoms with Crippen molar-refractivity contribution < 1.29 is 23.8 Å². The molecule has 0 aliphatic heterocycles. The summed E-state index contributed by atoms with van der Waals surface area (Å²) in [6, 6.07) is 20.8. The van der Waals surface area contributed by atoms with E-state index < -0.39 is 17.5 Å². The van der Waals surface area contributed by atoms with Crippen molar-refractivity contribution in [3.63, 3.8) is 0 Å². The molecule has 1 N–H and O–H groups in total. The molecular weight excluding hydrogens is 448 g/mol. The van der Waals surface area contributed by atoms with Gasteiger partial charge in [0.15, 0.2) is 0 Å². The van der Waals surface area contributed by atoms with Crippen LogP contribution < -0.4 is 10.3 Å². The second-order valence-corrected chi connectivity index (χ2v) is 7.48. The number of ether oxygens (including phenoxy) is 3. The van der Waals surface area contributed by atoms with Crippen molar-refractivity contribution in [3.8, 4) is 5.75 Å². The largest absolute Gasteiger partial charge is 0.496 e. The zero-order valence-corrected chi connectivity index (χ0v) is 19.1. The Morgan fingerprint density at radius 2 is 1.69 bits per heavy atom. The van der Waals surface area contributed by atoms with Gasteiger partial charge in [-0.25, -0.2) is 14.6 Å². The van der Waals surface area contributed by atoms with Gasteiger partial charge in [0.1, 0.15) is 18.2 Å². The number of H-pyrrole nitrogens is 1. The van der Waals surface area contributed by atoms with Gasteiger partial charge in [-0.05, 0) is 35.9 Å². The van der Waals surface area contributed by atoms with Crippen LogP contribution in [0.15, 0.2) is 77.6 Å². The quantitative estimate of drug-likeness (QED) is 0.247. The van der Waals surface area contributed by atoms with Crippen LogP contribution in [-0.4, -0.2) is 36.1 Å². The maximum atomic E-state index is 13.1. The number of benzene rings is 3. The van der Waals surface area contributed by atoms with E-state index in [2.05, 4.69) is 9.97 Å². The Morgan fingerprint density at radius 1 is 0.943 bits per heavy atom. The highest BCUT2D eigenvalue weighted by atomic mass is 16.5. The van der Waals surface area contributed by atoms with E-state index in [1.165, 1.54) is 25.3 Å². The molecule has 0 saturated carbocycles. The predicted molar refractivity (Wildman–Crippen MR) is 131 cm³/mol. The molecule has 0 atom stereocenters. The van der Waals surface area contributed by atoms with Gasteiger partial charge in [-0.15, -0.1) is 0 Å². The Labute approximate surface area is 200 Å². The van der Waals surface area contributed by atoms with Crippen LogP contribution in [0.25, 0.3) is 22.6 Å². The lowest BCUT2D eigenvalue weighted by Gasteiger charge is -2.11. The van der Waals surface area contributed by atoms with Gasteiger partial charge >= 0.3 is 11.9 Å². The van der Waals surface area contributed by atoms with Crippen molar-refractivity contribution in [2.24, 2.45) is 0 Å². The molecule has 8 nitrogen and oxygen atoms in total. The third kappa shape index (κ3) is 5.27. The molecule has 4 rings (SSSR count). The van der Waals surface area contributed by atoms with Crippen molar-refractivity contribution in [1.29, 1.82) is 0 Å². The van der Waals surface area contributed by atoms with Crippen LogP contribution in [0.4, 0.5) is 0 Å². The molecule has 4 aromatic rings. The number of carbonyl (C=O) groups is 2. The monoisotopic (exact) mass is 470 g/mol. The predicted octanol–water partition coefficient (Wildman–Crippen LogP) is 4.00. The minimum atomic E-state index is -0.604. The van der Waals surface area contributed by atoms with Crippen LogP contribution in [0.2, 0.25) is 0 Å². The molecule has 1 aromatic heterocycles. The van der Waals surface area contributed by atoms with Gasteiger partial charge in [-0.2, -0.15) is 0 Å². The van der Waals surface area contributed by atoms with Crippen LogP contribution in [0.5, 0.6) is 5.75 Å². The van der Waals surface area contributed by atoms with E-state index in [4.69, 9.17) is 14.2 Å². The molecule has 8 heteroatoms. The molecule has 0 amide bonds. The van der Waals surface area contributed by atoms with Crippen LogP contribution in [-0.2, 0) is 20.9 Å². The first kappa shape index (κ1) is 23.4. The zero-order valence-electron chi connectivity index (χ0n) is 19.1. The fourth-order valence-electron chi connectivity index (χ4n) is 3.53. The van der Waals surface area contributed by atoms with Crippen molar-refractivity contribution >= 4 is 34.5 Å². The highest BCUT2D eigenvalue weighted by Crippen LogP contribution is 2.25. The summed E-state index contributed by atoms with van der Waals surface area (Å²) in [6.07, 6.45) is 1.69. The van der Waals surface area contributed by atoms with Gasteiger partial charge in [-0.3, -0.25) is 4.79 Å². The Hall–Kier alpha value is -4.72. The molecule has 0 radical (unpaired) electrons. The molecule has 0 aliphatic rings. The summed E-state index contributed by atoms with van der Waals surface area (Å²) in [5, 5.41) is 0.300. The van der Waals surface area contributed by atoms with Crippen molar-refractivity contribution in [1.82, 2.24) is 9.97 Å². The van der Waals surface area contributed by atoms with E-state index in [1.54, 1.807) is 31.4 Å². The van der Waals surface area contributed by atoms with Gasteiger partial charge in [-0.1, -0.05) is 48.5 Å². The van der Waals surface area contributed by atoms with Crippen LogP contribution in [0.1, 0.15) is 27.3 Å². The van der Waals surface area contributed by atoms with Gasteiger partial charge in [0.25, 0.3) is 5.56 Å². The summed E-state index contributed by atoms with van der Waals surface area (Å²) >= 11 is 0. The fraction of sp³-hybridized carbons (Fsp3) is 0.111. The maximum absolute atomic E-state index is 13.1. The minimum Gasteiger partial charge on any atom is -0.496 e. The average molecular weight is 470 g/mol. The molecule has 0 aliphatic carbocycles. The van der Waals surface area contributed by atoms with E-state index in [1.807, 2.05) is 36.4 Å². The first-order chi connectivity index (χ1) is 17.0. The number of para-hydroxylation sites is 1. The lowest BCUT2D eigenvalue weighted by Crippen LogP contribution is -2.15. The van der Waals surface area contributed by atoms with E-state index in [0.717, 1.165) is 0 Å². The normalized spacial score (nSPS) is 11.2. The standard InChI is InChI=1S/C27H22N2O6/c1-33-23-11-7-6-10-18(23)14-21(17-8-4-3-5-9-17)27(32)35-16-24-28-22-15-19(26(31)34-2)12-13-20(22)25(30)29-24/h3-15H,16H2,1-2H3,(H,28,29,30). The molecular formula is C27H22N2O6. The van der Waals surface area contributed by atoms with Crippen LogP contribution >= 0.6 is 0 Å². The highest BCUT2D eigenvalue weighted by Gasteiger charge is 2.16. The Kier molecular flexibility index (Phi) is 7.02. The fourth-order valence-corrected chi connectivity index (χ4v) is 3.53. The summed E-state index contributed by atoms with van der Waals surface area (Å²) in [7, 11) is 2.83. The average Bonchev–Trinajstić information content (AvgIpc) is 2.90. The number of hydrogen-bond acceptors (Lipinski definition) is 7. The van der Waals surface area contributed by atoms with E-state index >= 15 is 0 Å². The van der Waals surface area contributed by atoms with Crippen LogP contribution in [0, 0.1) is 0 Å². The molecule has 0 saturated heterocycles. The summed E-state index contributed by atoms with van der Waals surface area (Å²) in [6.45, 7) is -0.275. The van der Waals surface area contributed by atoms with Crippen molar-refractivity contribution in [3.05, 3.63) is 106 Å². The van der Waals surface area contributed by atoms with E-state index in [0.29, 0.717) is 27.8 Å². The summed E-state index contributed by atoms with van der Waals surface area (Å²) in [5.41, 5.74) is 1.81. The van der Waals surface area contributed by atoms with Gasteiger partial charge in [0.2, 0.25) is 0 Å². The highest BCUT2D eigenvalue weighted by molar-refractivity contribution is 6.21. The van der Waals surface area contributed by atoms with Crippen molar-refractivity contribution in [2.75, 3.05) is 14.2 Å². The molecule has 35 heavy (non-hydrogen) atoms. The number of rotatable bonds is 7. The summed E-state index contributed by atoms with van der Waals surface area (Å²) < 4.78 is 15.6. The van der Waals surface area contributed by atoms with Gasteiger partial charge in [0.05, 0.1) is 36.3 Å². The Bertz CT molecular complexity index is 1470. The topological polar surface area (TPSA) is 108 Å². The van der Waals surface area contributed by atoms with E-state index in [9.17, 15) is 14.4 Å². The second kappa shape index (κ2) is 10.5. The molecule has 0 bridgehead atoms. The molecule has 3 aromatic carbocycles. The first-order valence-corrected chi connectivity index (χ1v) is 10.7. The molecule has 176 valence electrons. The Morgan fingerprint density at radius 3 is 2.43 bits per heavy atom. The Balaban J connectivity index is 1.64. The van der Waals surface area contributed by atoms with E-state index in [-0.39, 0.29) is 23.5 Å². The number of esters is 2. The number of carbonyl (C=O) groups excluding carboxylic acids is 2. The third-order valence-corrected chi connectivity index (χ3v) is 5.26. The second-order valence-electron chi connectivity index (χ2n) is 7.48. The number of nitrogens with one attached hydrogen (secondary N) is 1. The van der Waals surface area contributed by atoms with Gasteiger partial charge in [0, 0.05) is 5.56 Å². The number of aromatic amines is 1. The number of aromatic nitrogens is 2. The summed E-state index contributed by atoms with van der Waals surface area (Å²) in [5.74, 6) is -0.401. The summed E-state index contributed by atoms with van der Waals surface area (Å²) in [4.78, 5) is 44.4. The lowest BCUT2D eigenvalue weighted by molar-refractivity contribution is -0.138. The number of nitrogens with zero attached hydrogens (tertiary/aromatic N) is 1. The van der Waals surface area contributed by atoms with Gasteiger partial charge < -0.3 is 19.2 Å². The van der Waals surface area contributed by atoms with Crippen LogP contribution in [0.3, 0.4) is 0 Å². The number of fused-ring (bicyclic) bond motifs is 1. The number of hydrogen-bond donors (Lipinski definition) is 1. The minimum absolute atomic E-state index is 0.141. The lowest BCUT2D eigenvalue weighted by atomic mass is 10.0. The SMILES string of the molecule is COC(=O)c1ccc2c(=O)[nH]c(COC(=O)C(=Cc3ccccc3OC)c3ccccc3)nc2c1.